The largest absolute Gasteiger partial charge is 0.481 e. The van der Waals surface area contributed by atoms with Crippen LogP contribution in [0.1, 0.15) is 69.1 Å². The second-order valence-electron chi connectivity index (χ2n) is 8.50. The second kappa shape index (κ2) is 10.4. The lowest BCUT2D eigenvalue weighted by molar-refractivity contribution is -0.136. The van der Waals surface area contributed by atoms with Crippen LogP contribution in [0, 0.1) is 11.8 Å². The zero-order valence-electron chi connectivity index (χ0n) is 17.2. The molecule has 0 radical (unpaired) electrons. The van der Waals surface area contributed by atoms with E-state index < -0.39 is 18.2 Å². The number of carboxylic acid groups (broad SMARTS) is 1. The molecule has 5 heteroatoms. The summed E-state index contributed by atoms with van der Waals surface area (Å²) in [6.07, 6.45) is 9.13. The number of rotatable bonds is 9. The van der Waals surface area contributed by atoms with Crippen LogP contribution in [0.5, 0.6) is 0 Å². The van der Waals surface area contributed by atoms with E-state index >= 15 is 0 Å². The van der Waals surface area contributed by atoms with Crippen LogP contribution in [0.3, 0.4) is 0 Å². The fourth-order valence-corrected chi connectivity index (χ4v) is 4.89. The van der Waals surface area contributed by atoms with Gasteiger partial charge in [0.05, 0.1) is 30.8 Å². The van der Waals surface area contributed by atoms with E-state index in [1.807, 2.05) is 36.4 Å². The zero-order chi connectivity index (χ0) is 20.8. The smallest absolute Gasteiger partial charge is 0.307 e. The molecule has 1 unspecified atom stereocenters. The molecule has 1 aliphatic carbocycles. The Balaban J connectivity index is 1.62. The van der Waals surface area contributed by atoms with E-state index in [9.17, 15) is 20.1 Å². The maximum absolute atomic E-state index is 11.2. The van der Waals surface area contributed by atoms with Crippen molar-refractivity contribution in [1.29, 1.82) is 0 Å². The minimum Gasteiger partial charge on any atom is -0.481 e. The summed E-state index contributed by atoms with van der Waals surface area (Å²) in [6, 6.07) is 7.59. The number of hydrogen-bond acceptors (Lipinski definition) is 4. The molecule has 1 saturated heterocycles. The predicted octanol–water partition coefficient (Wildman–Crippen LogP) is 4.03. The van der Waals surface area contributed by atoms with Gasteiger partial charge in [0.15, 0.2) is 0 Å². The van der Waals surface area contributed by atoms with Gasteiger partial charge >= 0.3 is 5.97 Å². The summed E-state index contributed by atoms with van der Waals surface area (Å²) in [5.41, 5.74) is 1.75. The standard InChI is InChI=1S/C24H34O5/c1-2-3-4-8-17(25)10-11-19-20-12-13-22(29-23(20)15-21(19)26)18-9-6-5-7-16(18)14-24(27)28/h5-7,9-11,17,19-23,25-26H,2-4,8,12-15H2,1H3,(H,27,28)/b11-10+/t17-,19+,20+,21+,22?,23-/m0/s1. The molecule has 3 rings (SSSR count). The lowest BCUT2D eigenvalue weighted by Gasteiger charge is -2.35. The Bertz CT molecular complexity index is 700. The number of fused-ring (bicyclic) bond motifs is 1. The average Bonchev–Trinajstić information content (AvgIpc) is 3.00. The number of aliphatic hydroxyl groups is 2. The summed E-state index contributed by atoms with van der Waals surface area (Å²) >= 11 is 0. The SMILES string of the molecule is CCCCC[C@H](O)/C=C/[C@@H]1[C@H]2CCC(c3ccccc3CC(=O)O)O[C@H]2C[C@H]1O. The lowest BCUT2D eigenvalue weighted by Crippen LogP contribution is -2.30. The van der Waals surface area contributed by atoms with Crippen LogP contribution < -0.4 is 0 Å². The van der Waals surface area contributed by atoms with E-state index in [-0.39, 0.29) is 30.5 Å². The predicted molar refractivity (Wildman–Crippen MR) is 112 cm³/mol. The lowest BCUT2D eigenvalue weighted by atomic mass is 9.84. The normalized spacial score (nSPS) is 30.4. The summed E-state index contributed by atoms with van der Waals surface area (Å²) in [5, 5.41) is 29.9. The molecule has 1 saturated carbocycles. The molecule has 0 bridgehead atoms. The fourth-order valence-electron chi connectivity index (χ4n) is 4.89. The van der Waals surface area contributed by atoms with Gasteiger partial charge < -0.3 is 20.1 Å². The quantitative estimate of drug-likeness (QED) is 0.429. The van der Waals surface area contributed by atoms with E-state index in [4.69, 9.17) is 4.74 Å². The second-order valence-corrected chi connectivity index (χ2v) is 8.50. The van der Waals surface area contributed by atoms with Crippen LogP contribution >= 0.6 is 0 Å². The molecular weight excluding hydrogens is 368 g/mol. The highest BCUT2D eigenvalue weighted by Gasteiger charge is 2.45. The Labute approximate surface area is 173 Å². The van der Waals surface area contributed by atoms with Gasteiger partial charge in [0.1, 0.15) is 0 Å². The Morgan fingerprint density at radius 3 is 2.83 bits per heavy atom. The van der Waals surface area contributed by atoms with Crippen molar-refractivity contribution >= 4 is 5.97 Å². The highest BCUT2D eigenvalue weighted by Crippen LogP contribution is 2.46. The number of ether oxygens (including phenoxy) is 1. The number of carboxylic acids is 1. The molecule has 6 atom stereocenters. The summed E-state index contributed by atoms with van der Waals surface area (Å²) < 4.78 is 6.36. The van der Waals surface area contributed by atoms with Gasteiger partial charge in [-0.3, -0.25) is 4.79 Å². The summed E-state index contributed by atoms with van der Waals surface area (Å²) in [5.74, 6) is -0.590. The van der Waals surface area contributed by atoms with E-state index in [2.05, 4.69) is 6.92 Å². The first-order valence-corrected chi connectivity index (χ1v) is 11.0. The van der Waals surface area contributed by atoms with Gasteiger partial charge in [0.2, 0.25) is 0 Å². The molecule has 3 N–H and O–H groups in total. The Kier molecular flexibility index (Phi) is 7.87. The molecule has 1 heterocycles. The van der Waals surface area contributed by atoms with Crippen molar-refractivity contribution in [3.05, 3.63) is 47.5 Å². The topological polar surface area (TPSA) is 87.0 Å². The molecule has 2 fully saturated rings. The summed E-state index contributed by atoms with van der Waals surface area (Å²) in [4.78, 5) is 11.2. The van der Waals surface area contributed by atoms with Crippen LogP contribution in [0.2, 0.25) is 0 Å². The van der Waals surface area contributed by atoms with Crippen LogP contribution in [-0.2, 0) is 16.0 Å². The third-order valence-electron chi connectivity index (χ3n) is 6.39. The molecule has 160 valence electrons. The van der Waals surface area contributed by atoms with Gasteiger partial charge in [-0.1, -0.05) is 62.6 Å². The van der Waals surface area contributed by atoms with Crippen molar-refractivity contribution < 1.29 is 24.9 Å². The molecule has 29 heavy (non-hydrogen) atoms. The van der Waals surface area contributed by atoms with Crippen molar-refractivity contribution in [1.82, 2.24) is 0 Å². The third-order valence-corrected chi connectivity index (χ3v) is 6.39. The van der Waals surface area contributed by atoms with Gasteiger partial charge in [-0.15, -0.1) is 0 Å². The number of carbonyl (C=O) groups is 1. The maximum Gasteiger partial charge on any atom is 0.307 e. The maximum atomic E-state index is 11.2. The molecule has 2 aliphatic rings. The summed E-state index contributed by atoms with van der Waals surface area (Å²) in [7, 11) is 0. The first kappa shape index (κ1) is 22.0. The van der Waals surface area contributed by atoms with Gasteiger partial charge in [-0.05, 0) is 36.3 Å². The fraction of sp³-hybridized carbons (Fsp3) is 0.625. The molecule has 0 amide bonds. The van der Waals surface area contributed by atoms with Crippen molar-refractivity contribution in [2.24, 2.45) is 11.8 Å². The van der Waals surface area contributed by atoms with Crippen LogP contribution in [0.4, 0.5) is 0 Å². The average molecular weight is 403 g/mol. The summed E-state index contributed by atoms with van der Waals surface area (Å²) in [6.45, 7) is 2.15. The van der Waals surface area contributed by atoms with E-state index in [0.29, 0.717) is 6.42 Å². The number of aliphatic hydroxyl groups excluding tert-OH is 2. The van der Waals surface area contributed by atoms with Gasteiger partial charge in [-0.25, -0.2) is 0 Å². The Morgan fingerprint density at radius 1 is 1.28 bits per heavy atom. The van der Waals surface area contributed by atoms with E-state index in [0.717, 1.165) is 49.7 Å². The highest BCUT2D eigenvalue weighted by atomic mass is 16.5. The molecule has 5 nitrogen and oxygen atoms in total. The van der Waals surface area contributed by atoms with Crippen molar-refractivity contribution in [3.8, 4) is 0 Å². The van der Waals surface area contributed by atoms with E-state index in [1.165, 1.54) is 0 Å². The molecule has 1 aliphatic heterocycles. The zero-order valence-corrected chi connectivity index (χ0v) is 17.2. The van der Waals surface area contributed by atoms with Gasteiger partial charge in [0, 0.05) is 12.3 Å². The third kappa shape index (κ3) is 5.68. The minimum atomic E-state index is -0.842. The monoisotopic (exact) mass is 402 g/mol. The van der Waals surface area contributed by atoms with Crippen molar-refractivity contribution in [2.75, 3.05) is 0 Å². The number of hydrogen-bond donors (Lipinski definition) is 3. The molecule has 0 aromatic heterocycles. The molecule has 0 spiro atoms. The van der Waals surface area contributed by atoms with Crippen molar-refractivity contribution in [3.63, 3.8) is 0 Å². The number of aliphatic carboxylic acids is 1. The number of benzene rings is 1. The van der Waals surface area contributed by atoms with Crippen LogP contribution in [-0.4, -0.2) is 39.6 Å². The van der Waals surface area contributed by atoms with Crippen molar-refractivity contribution in [2.45, 2.75) is 82.7 Å². The molecule has 1 aromatic rings. The molecular formula is C24H34O5. The van der Waals surface area contributed by atoms with Gasteiger partial charge in [0.25, 0.3) is 0 Å². The van der Waals surface area contributed by atoms with Gasteiger partial charge in [-0.2, -0.15) is 0 Å². The van der Waals surface area contributed by atoms with Crippen LogP contribution in [0.15, 0.2) is 36.4 Å². The Hall–Kier alpha value is -1.69. The minimum absolute atomic E-state index is 0.00592. The number of unbranched alkanes of at least 4 members (excludes halogenated alkanes) is 2. The first-order valence-electron chi connectivity index (χ1n) is 11.0. The first-order chi connectivity index (χ1) is 14.0. The Morgan fingerprint density at radius 2 is 2.07 bits per heavy atom. The van der Waals surface area contributed by atoms with Crippen LogP contribution in [0.25, 0.3) is 0 Å². The van der Waals surface area contributed by atoms with E-state index in [1.54, 1.807) is 0 Å². The molecule has 1 aromatic carbocycles. The highest BCUT2D eigenvalue weighted by molar-refractivity contribution is 5.70.